The summed E-state index contributed by atoms with van der Waals surface area (Å²) in [5.74, 6) is 0.0195. The molecular weight excluding hydrogens is 255 g/mol. The Kier molecular flexibility index (Phi) is 5.12. The van der Waals surface area contributed by atoms with Crippen LogP contribution in [0.25, 0.3) is 0 Å². The van der Waals surface area contributed by atoms with Crippen molar-refractivity contribution in [2.45, 2.75) is 51.5 Å². The first-order chi connectivity index (χ1) is 9.58. The molecule has 1 aliphatic carbocycles. The molecule has 1 atom stereocenters. The SMILES string of the molecule is Cc1c(F)cccc1NC(=O)C(N)CC1CCCCC1. The smallest absolute Gasteiger partial charge is 0.241 e. The highest BCUT2D eigenvalue weighted by atomic mass is 19.1. The van der Waals surface area contributed by atoms with Crippen LogP contribution in [-0.4, -0.2) is 11.9 Å². The average molecular weight is 278 g/mol. The van der Waals surface area contributed by atoms with Gasteiger partial charge in [0.2, 0.25) is 5.91 Å². The summed E-state index contributed by atoms with van der Waals surface area (Å²) in [7, 11) is 0. The van der Waals surface area contributed by atoms with Gasteiger partial charge in [0.25, 0.3) is 0 Å². The second-order valence-electron chi connectivity index (χ2n) is 5.75. The summed E-state index contributed by atoms with van der Waals surface area (Å²) in [5, 5.41) is 2.74. The fourth-order valence-corrected chi connectivity index (χ4v) is 2.86. The van der Waals surface area contributed by atoms with Crippen molar-refractivity contribution in [3.05, 3.63) is 29.6 Å². The van der Waals surface area contributed by atoms with Crippen LogP contribution in [0.3, 0.4) is 0 Å². The van der Waals surface area contributed by atoms with Gasteiger partial charge in [-0.25, -0.2) is 4.39 Å². The molecule has 0 saturated heterocycles. The monoisotopic (exact) mass is 278 g/mol. The number of hydrogen-bond acceptors (Lipinski definition) is 2. The Morgan fingerprint density at radius 2 is 2.10 bits per heavy atom. The number of carbonyl (C=O) groups excluding carboxylic acids is 1. The zero-order valence-electron chi connectivity index (χ0n) is 12.0. The molecule has 1 aliphatic rings. The van der Waals surface area contributed by atoms with Crippen molar-refractivity contribution >= 4 is 11.6 Å². The van der Waals surface area contributed by atoms with Crippen LogP contribution in [0.2, 0.25) is 0 Å². The van der Waals surface area contributed by atoms with Gasteiger partial charge < -0.3 is 11.1 Å². The average Bonchev–Trinajstić information content (AvgIpc) is 2.45. The van der Waals surface area contributed by atoms with Crippen LogP contribution in [0.5, 0.6) is 0 Å². The molecule has 4 heteroatoms. The molecule has 1 aromatic carbocycles. The third kappa shape index (κ3) is 3.79. The Balaban J connectivity index is 1.91. The van der Waals surface area contributed by atoms with E-state index in [1.807, 2.05) is 0 Å². The van der Waals surface area contributed by atoms with E-state index >= 15 is 0 Å². The van der Waals surface area contributed by atoms with E-state index in [9.17, 15) is 9.18 Å². The molecule has 1 unspecified atom stereocenters. The van der Waals surface area contributed by atoms with E-state index < -0.39 is 6.04 Å². The van der Waals surface area contributed by atoms with Gasteiger partial charge in [0.1, 0.15) is 5.82 Å². The molecule has 3 nitrogen and oxygen atoms in total. The van der Waals surface area contributed by atoms with Crippen LogP contribution >= 0.6 is 0 Å². The molecule has 0 aliphatic heterocycles. The Hall–Kier alpha value is -1.42. The number of hydrogen-bond donors (Lipinski definition) is 2. The van der Waals surface area contributed by atoms with Gasteiger partial charge in [0, 0.05) is 11.3 Å². The molecule has 0 spiro atoms. The lowest BCUT2D eigenvalue weighted by molar-refractivity contribution is -0.117. The summed E-state index contributed by atoms with van der Waals surface area (Å²) in [4.78, 5) is 12.1. The standard InChI is InChI=1S/C16H23FN2O/c1-11-13(17)8-5-9-15(11)19-16(20)14(18)10-12-6-3-2-4-7-12/h5,8-9,12,14H,2-4,6-7,10,18H2,1H3,(H,19,20). The van der Waals surface area contributed by atoms with Crippen LogP contribution in [0.4, 0.5) is 10.1 Å². The minimum atomic E-state index is -0.513. The van der Waals surface area contributed by atoms with Crippen molar-refractivity contribution in [1.82, 2.24) is 0 Å². The van der Waals surface area contributed by atoms with Crippen molar-refractivity contribution in [1.29, 1.82) is 0 Å². The van der Waals surface area contributed by atoms with Gasteiger partial charge in [0.05, 0.1) is 6.04 Å². The predicted octanol–water partition coefficient (Wildman–Crippen LogP) is 3.37. The second-order valence-corrected chi connectivity index (χ2v) is 5.75. The number of carbonyl (C=O) groups is 1. The summed E-state index contributed by atoms with van der Waals surface area (Å²) in [6, 6.07) is 4.15. The van der Waals surface area contributed by atoms with Gasteiger partial charge in [-0.2, -0.15) is 0 Å². The van der Waals surface area contributed by atoms with Gasteiger partial charge in [-0.1, -0.05) is 38.2 Å². The molecule has 0 aromatic heterocycles. The van der Waals surface area contributed by atoms with Crippen LogP contribution in [0.1, 0.15) is 44.1 Å². The number of nitrogens with one attached hydrogen (secondary N) is 1. The Labute approximate surface area is 119 Å². The Bertz CT molecular complexity index is 470. The van der Waals surface area contributed by atoms with Gasteiger partial charge in [-0.15, -0.1) is 0 Å². The number of benzene rings is 1. The van der Waals surface area contributed by atoms with Gasteiger partial charge in [-0.3, -0.25) is 4.79 Å². The maximum atomic E-state index is 13.4. The van der Waals surface area contributed by atoms with Crippen molar-refractivity contribution in [2.24, 2.45) is 11.7 Å². The fraction of sp³-hybridized carbons (Fsp3) is 0.562. The van der Waals surface area contributed by atoms with E-state index in [1.54, 1.807) is 19.1 Å². The fourth-order valence-electron chi connectivity index (χ4n) is 2.86. The molecule has 0 radical (unpaired) electrons. The van der Waals surface area contributed by atoms with Crippen molar-refractivity contribution in [3.8, 4) is 0 Å². The minimum Gasteiger partial charge on any atom is -0.324 e. The molecule has 2 rings (SSSR count). The summed E-state index contributed by atoms with van der Waals surface area (Å²) in [6.07, 6.45) is 6.82. The largest absolute Gasteiger partial charge is 0.324 e. The first-order valence-electron chi connectivity index (χ1n) is 7.39. The summed E-state index contributed by atoms with van der Waals surface area (Å²) in [6.45, 7) is 1.65. The highest BCUT2D eigenvalue weighted by Gasteiger charge is 2.21. The lowest BCUT2D eigenvalue weighted by Gasteiger charge is -2.24. The van der Waals surface area contributed by atoms with Gasteiger partial charge in [-0.05, 0) is 31.4 Å². The quantitative estimate of drug-likeness (QED) is 0.887. The minimum absolute atomic E-state index is 0.218. The van der Waals surface area contributed by atoms with E-state index in [-0.39, 0.29) is 11.7 Å². The number of nitrogens with two attached hydrogens (primary N) is 1. The molecular formula is C16H23FN2O. The highest BCUT2D eigenvalue weighted by Crippen LogP contribution is 2.27. The molecule has 1 amide bonds. The normalized spacial score (nSPS) is 17.8. The molecule has 0 heterocycles. The molecule has 1 fully saturated rings. The number of halogens is 1. The summed E-state index contributed by atoms with van der Waals surface area (Å²) >= 11 is 0. The number of anilines is 1. The topological polar surface area (TPSA) is 55.1 Å². The van der Waals surface area contributed by atoms with Crippen LogP contribution in [0.15, 0.2) is 18.2 Å². The summed E-state index contributed by atoms with van der Waals surface area (Å²) in [5.41, 5.74) is 6.94. The zero-order chi connectivity index (χ0) is 14.5. The molecule has 110 valence electrons. The van der Waals surface area contributed by atoms with E-state index in [0.717, 1.165) is 6.42 Å². The lowest BCUT2D eigenvalue weighted by atomic mass is 9.85. The Morgan fingerprint density at radius 1 is 1.40 bits per heavy atom. The van der Waals surface area contributed by atoms with Crippen molar-refractivity contribution < 1.29 is 9.18 Å². The number of amides is 1. The van der Waals surface area contributed by atoms with E-state index in [4.69, 9.17) is 5.73 Å². The maximum absolute atomic E-state index is 13.4. The first-order valence-corrected chi connectivity index (χ1v) is 7.39. The van der Waals surface area contributed by atoms with Gasteiger partial charge in [0.15, 0.2) is 0 Å². The van der Waals surface area contributed by atoms with Crippen LogP contribution in [-0.2, 0) is 4.79 Å². The van der Waals surface area contributed by atoms with Gasteiger partial charge >= 0.3 is 0 Å². The van der Waals surface area contributed by atoms with Crippen LogP contribution in [0, 0.1) is 18.7 Å². The van der Waals surface area contributed by atoms with E-state index in [1.165, 1.54) is 38.2 Å². The molecule has 3 N–H and O–H groups in total. The van der Waals surface area contributed by atoms with E-state index in [0.29, 0.717) is 17.2 Å². The second kappa shape index (κ2) is 6.84. The van der Waals surface area contributed by atoms with Crippen molar-refractivity contribution in [3.63, 3.8) is 0 Å². The zero-order valence-corrected chi connectivity index (χ0v) is 12.0. The van der Waals surface area contributed by atoms with Crippen molar-refractivity contribution in [2.75, 3.05) is 5.32 Å². The molecule has 1 saturated carbocycles. The summed E-state index contributed by atoms with van der Waals surface area (Å²) < 4.78 is 13.4. The number of rotatable bonds is 4. The molecule has 0 bridgehead atoms. The van der Waals surface area contributed by atoms with Crippen LogP contribution < -0.4 is 11.1 Å². The maximum Gasteiger partial charge on any atom is 0.241 e. The third-order valence-corrected chi connectivity index (χ3v) is 4.17. The molecule has 1 aromatic rings. The highest BCUT2D eigenvalue weighted by molar-refractivity contribution is 5.95. The lowest BCUT2D eigenvalue weighted by Crippen LogP contribution is -2.37. The first kappa shape index (κ1) is 15.0. The third-order valence-electron chi connectivity index (χ3n) is 4.17. The Morgan fingerprint density at radius 3 is 2.80 bits per heavy atom. The molecule has 20 heavy (non-hydrogen) atoms. The predicted molar refractivity (Wildman–Crippen MR) is 78.9 cm³/mol. The van der Waals surface area contributed by atoms with E-state index in [2.05, 4.69) is 5.32 Å².